The highest BCUT2D eigenvalue weighted by atomic mass is 16.3. The van der Waals surface area contributed by atoms with E-state index in [1.807, 2.05) is 30.3 Å². The average Bonchev–Trinajstić information content (AvgIpc) is 2.46. The van der Waals surface area contributed by atoms with E-state index < -0.39 is 0 Å². The van der Waals surface area contributed by atoms with Crippen molar-refractivity contribution >= 4 is 11.6 Å². The van der Waals surface area contributed by atoms with Gasteiger partial charge in [-0.2, -0.15) is 0 Å². The summed E-state index contributed by atoms with van der Waals surface area (Å²) in [6, 6.07) is 16.0. The summed E-state index contributed by atoms with van der Waals surface area (Å²) in [4.78, 5) is 11.8. The lowest BCUT2D eigenvalue weighted by Gasteiger charge is -2.12. The first-order valence-electron chi connectivity index (χ1n) is 6.54. The van der Waals surface area contributed by atoms with Gasteiger partial charge in [0.15, 0.2) is 0 Å². The predicted molar refractivity (Wildman–Crippen MR) is 79.3 cm³/mol. The lowest BCUT2D eigenvalue weighted by atomic mass is 10.0. The summed E-state index contributed by atoms with van der Waals surface area (Å²) >= 11 is 0. The van der Waals surface area contributed by atoms with Crippen molar-refractivity contribution in [1.29, 1.82) is 0 Å². The summed E-state index contributed by atoms with van der Waals surface area (Å²) in [5.41, 5.74) is 7.65. The third kappa shape index (κ3) is 4.10. The largest absolute Gasteiger partial charge is 0.508 e. The molecule has 2 aromatic rings. The Labute approximate surface area is 118 Å². The van der Waals surface area contributed by atoms with E-state index in [0.29, 0.717) is 18.5 Å². The molecule has 4 heteroatoms. The van der Waals surface area contributed by atoms with Crippen molar-refractivity contribution in [2.45, 2.75) is 18.9 Å². The Kier molecular flexibility index (Phi) is 4.74. The summed E-state index contributed by atoms with van der Waals surface area (Å²) in [6.07, 6.45) is 0.917. The molecule has 0 aliphatic carbocycles. The maximum absolute atomic E-state index is 11.8. The Morgan fingerprint density at radius 2 is 1.90 bits per heavy atom. The molecule has 4 nitrogen and oxygen atoms in total. The number of nitrogens with one attached hydrogen (secondary N) is 1. The third-order valence-corrected chi connectivity index (χ3v) is 3.04. The second-order valence-corrected chi connectivity index (χ2v) is 4.65. The van der Waals surface area contributed by atoms with E-state index in [0.717, 1.165) is 5.56 Å². The normalized spacial score (nSPS) is 11.8. The number of carbonyl (C=O) groups excluding carboxylic acids is 1. The number of phenols is 1. The van der Waals surface area contributed by atoms with Crippen LogP contribution in [-0.4, -0.2) is 11.0 Å². The van der Waals surface area contributed by atoms with Crippen LogP contribution in [0.2, 0.25) is 0 Å². The molecule has 1 amide bonds. The molecule has 0 fully saturated rings. The fourth-order valence-corrected chi connectivity index (χ4v) is 1.96. The molecule has 0 aliphatic heterocycles. The van der Waals surface area contributed by atoms with Crippen LogP contribution < -0.4 is 11.1 Å². The number of hydrogen-bond donors (Lipinski definition) is 3. The van der Waals surface area contributed by atoms with Crippen molar-refractivity contribution in [2.24, 2.45) is 5.73 Å². The number of benzene rings is 2. The summed E-state index contributed by atoms with van der Waals surface area (Å²) < 4.78 is 0. The van der Waals surface area contributed by atoms with Crippen molar-refractivity contribution < 1.29 is 9.90 Å². The first-order valence-corrected chi connectivity index (χ1v) is 6.54. The summed E-state index contributed by atoms with van der Waals surface area (Å²) in [6.45, 7) is 0. The predicted octanol–water partition coefficient (Wildman–Crippen LogP) is 2.81. The molecule has 0 bridgehead atoms. The number of nitrogens with two attached hydrogens (primary N) is 1. The van der Waals surface area contributed by atoms with Gasteiger partial charge in [0.25, 0.3) is 0 Å². The molecule has 0 aromatic heterocycles. The molecule has 2 rings (SSSR count). The molecule has 0 saturated carbocycles. The van der Waals surface area contributed by atoms with Crippen molar-refractivity contribution in [2.75, 3.05) is 5.32 Å². The van der Waals surface area contributed by atoms with Crippen molar-refractivity contribution in [3.05, 3.63) is 60.2 Å². The van der Waals surface area contributed by atoms with Crippen molar-refractivity contribution in [1.82, 2.24) is 0 Å². The standard InChI is InChI=1S/C16H18N2O2/c17-15(12-5-2-1-3-6-12)9-10-16(20)18-13-7-4-8-14(19)11-13/h1-8,11,15,19H,9-10,17H2,(H,18,20). The van der Waals surface area contributed by atoms with Crippen LogP contribution in [-0.2, 0) is 4.79 Å². The average molecular weight is 270 g/mol. The van der Waals surface area contributed by atoms with Gasteiger partial charge in [-0.05, 0) is 24.1 Å². The van der Waals surface area contributed by atoms with Gasteiger partial charge in [0, 0.05) is 24.2 Å². The molecule has 0 heterocycles. The number of phenolic OH excluding ortho intramolecular Hbond substituents is 1. The Morgan fingerprint density at radius 3 is 2.60 bits per heavy atom. The summed E-state index contributed by atoms with van der Waals surface area (Å²) in [7, 11) is 0. The first-order chi connectivity index (χ1) is 9.65. The van der Waals surface area contributed by atoms with Crippen LogP contribution in [0.4, 0.5) is 5.69 Å². The molecular weight excluding hydrogens is 252 g/mol. The van der Waals surface area contributed by atoms with E-state index in [4.69, 9.17) is 5.73 Å². The fraction of sp³-hybridized carbons (Fsp3) is 0.188. The number of anilines is 1. The van der Waals surface area contributed by atoms with E-state index in [-0.39, 0.29) is 17.7 Å². The van der Waals surface area contributed by atoms with Crippen LogP contribution in [0.15, 0.2) is 54.6 Å². The van der Waals surface area contributed by atoms with Gasteiger partial charge in [-0.15, -0.1) is 0 Å². The van der Waals surface area contributed by atoms with E-state index in [9.17, 15) is 9.90 Å². The van der Waals surface area contributed by atoms with Crippen LogP contribution in [0.1, 0.15) is 24.4 Å². The molecule has 2 aromatic carbocycles. The fourth-order valence-electron chi connectivity index (χ4n) is 1.96. The highest BCUT2D eigenvalue weighted by molar-refractivity contribution is 5.90. The number of carbonyl (C=O) groups is 1. The molecule has 0 saturated heterocycles. The maximum atomic E-state index is 11.8. The second kappa shape index (κ2) is 6.73. The zero-order valence-corrected chi connectivity index (χ0v) is 11.1. The number of amides is 1. The number of rotatable bonds is 5. The summed E-state index contributed by atoms with van der Waals surface area (Å²) in [5, 5.41) is 12.1. The maximum Gasteiger partial charge on any atom is 0.224 e. The number of hydrogen-bond acceptors (Lipinski definition) is 3. The van der Waals surface area contributed by atoms with Crippen LogP contribution in [0.3, 0.4) is 0 Å². The molecule has 0 spiro atoms. The zero-order chi connectivity index (χ0) is 14.4. The van der Waals surface area contributed by atoms with Gasteiger partial charge < -0.3 is 16.2 Å². The lowest BCUT2D eigenvalue weighted by Crippen LogP contribution is -2.16. The van der Waals surface area contributed by atoms with Gasteiger partial charge in [0.2, 0.25) is 5.91 Å². The van der Waals surface area contributed by atoms with Gasteiger partial charge in [-0.25, -0.2) is 0 Å². The monoisotopic (exact) mass is 270 g/mol. The summed E-state index contributed by atoms with van der Waals surface area (Å²) in [5.74, 6) is 0.0192. The minimum absolute atomic E-state index is 0.109. The van der Waals surface area contributed by atoms with E-state index in [1.165, 1.54) is 6.07 Å². The minimum atomic E-state index is -0.147. The molecule has 20 heavy (non-hydrogen) atoms. The van der Waals surface area contributed by atoms with Crippen LogP contribution >= 0.6 is 0 Å². The molecule has 0 radical (unpaired) electrons. The van der Waals surface area contributed by atoms with Gasteiger partial charge in [-0.3, -0.25) is 4.79 Å². The van der Waals surface area contributed by atoms with Crippen molar-refractivity contribution in [3.8, 4) is 5.75 Å². The first kappa shape index (κ1) is 14.1. The van der Waals surface area contributed by atoms with Crippen LogP contribution in [0.5, 0.6) is 5.75 Å². The Bertz CT molecular complexity index is 570. The SMILES string of the molecule is NC(CCC(=O)Nc1cccc(O)c1)c1ccccc1. The van der Waals surface area contributed by atoms with E-state index in [1.54, 1.807) is 18.2 Å². The van der Waals surface area contributed by atoms with Crippen molar-refractivity contribution in [3.63, 3.8) is 0 Å². The molecule has 1 unspecified atom stereocenters. The third-order valence-electron chi connectivity index (χ3n) is 3.04. The Balaban J connectivity index is 1.83. The highest BCUT2D eigenvalue weighted by Crippen LogP contribution is 2.18. The van der Waals surface area contributed by atoms with Gasteiger partial charge in [0.1, 0.15) is 5.75 Å². The molecule has 104 valence electrons. The van der Waals surface area contributed by atoms with Gasteiger partial charge in [-0.1, -0.05) is 36.4 Å². The Morgan fingerprint density at radius 1 is 1.15 bits per heavy atom. The molecule has 1 atom stereocenters. The van der Waals surface area contributed by atoms with Gasteiger partial charge >= 0.3 is 0 Å². The molecule has 0 aliphatic rings. The van der Waals surface area contributed by atoms with Crippen LogP contribution in [0.25, 0.3) is 0 Å². The topological polar surface area (TPSA) is 75.4 Å². The zero-order valence-electron chi connectivity index (χ0n) is 11.1. The second-order valence-electron chi connectivity index (χ2n) is 4.65. The van der Waals surface area contributed by atoms with E-state index >= 15 is 0 Å². The van der Waals surface area contributed by atoms with Crippen LogP contribution in [0, 0.1) is 0 Å². The minimum Gasteiger partial charge on any atom is -0.508 e. The quantitative estimate of drug-likeness (QED) is 0.782. The molecular formula is C16H18N2O2. The smallest absolute Gasteiger partial charge is 0.224 e. The number of aromatic hydroxyl groups is 1. The lowest BCUT2D eigenvalue weighted by molar-refractivity contribution is -0.116. The highest BCUT2D eigenvalue weighted by Gasteiger charge is 2.09. The Hall–Kier alpha value is -2.33. The van der Waals surface area contributed by atoms with Gasteiger partial charge in [0.05, 0.1) is 0 Å². The molecule has 4 N–H and O–H groups in total. The van der Waals surface area contributed by atoms with E-state index in [2.05, 4.69) is 5.32 Å².